The predicted octanol–water partition coefficient (Wildman–Crippen LogP) is 1.48. The zero-order valence-electron chi connectivity index (χ0n) is 8.35. The molecule has 1 fully saturated rings. The van der Waals surface area contributed by atoms with Crippen molar-refractivity contribution in [3.8, 4) is 0 Å². The van der Waals surface area contributed by atoms with E-state index in [0.717, 1.165) is 19.0 Å². The summed E-state index contributed by atoms with van der Waals surface area (Å²) in [6, 6.07) is 2.31. The number of hydrogen-bond donors (Lipinski definition) is 2. The minimum absolute atomic E-state index is 0. The third-order valence-electron chi connectivity index (χ3n) is 2.20. The predicted molar refractivity (Wildman–Crippen MR) is 66.0 cm³/mol. The van der Waals surface area contributed by atoms with E-state index < -0.39 is 0 Å². The second-order valence-electron chi connectivity index (χ2n) is 3.26. The third kappa shape index (κ3) is 4.64. The molecule has 1 aliphatic rings. The van der Waals surface area contributed by atoms with Crippen LogP contribution in [0.2, 0.25) is 0 Å². The van der Waals surface area contributed by atoms with E-state index >= 15 is 0 Å². The number of piperidine rings is 1. The zero-order chi connectivity index (χ0) is 8.93. The molecule has 1 saturated heterocycles. The summed E-state index contributed by atoms with van der Waals surface area (Å²) in [6.45, 7) is 2.14. The number of rotatable bonds is 2. The van der Waals surface area contributed by atoms with E-state index in [0.29, 0.717) is 6.04 Å². The van der Waals surface area contributed by atoms with Gasteiger partial charge in [-0.3, -0.25) is 0 Å². The standard InChI is InChI=1S/C9H14N4.2ClH/c1-3-8(7-10-4-1)13-9-11-5-2-6-12-9;;/h2,5-6,8,10H,1,3-4,7H2,(H,11,12,13);2*1H/t8-;;/m0../s1. The van der Waals surface area contributed by atoms with Gasteiger partial charge in [0.05, 0.1) is 0 Å². The zero-order valence-corrected chi connectivity index (χ0v) is 9.98. The average molecular weight is 251 g/mol. The van der Waals surface area contributed by atoms with Gasteiger partial charge in [0.2, 0.25) is 5.95 Å². The van der Waals surface area contributed by atoms with Crippen molar-refractivity contribution in [3.05, 3.63) is 18.5 Å². The highest BCUT2D eigenvalue weighted by molar-refractivity contribution is 5.85. The molecule has 0 saturated carbocycles. The Hall–Kier alpha value is -0.580. The maximum Gasteiger partial charge on any atom is 0.222 e. The van der Waals surface area contributed by atoms with Crippen molar-refractivity contribution in [1.82, 2.24) is 15.3 Å². The van der Waals surface area contributed by atoms with E-state index in [-0.39, 0.29) is 24.8 Å². The minimum Gasteiger partial charge on any atom is -0.350 e. The van der Waals surface area contributed by atoms with Gasteiger partial charge in [-0.25, -0.2) is 9.97 Å². The van der Waals surface area contributed by atoms with Crippen LogP contribution in [0.15, 0.2) is 18.5 Å². The number of halogens is 2. The van der Waals surface area contributed by atoms with Crippen LogP contribution in [0.5, 0.6) is 0 Å². The molecule has 6 heteroatoms. The molecule has 2 rings (SSSR count). The fourth-order valence-electron chi connectivity index (χ4n) is 1.53. The highest BCUT2D eigenvalue weighted by Crippen LogP contribution is 2.06. The third-order valence-corrected chi connectivity index (χ3v) is 2.20. The van der Waals surface area contributed by atoms with Crippen molar-refractivity contribution in [2.75, 3.05) is 18.4 Å². The largest absolute Gasteiger partial charge is 0.350 e. The fourth-order valence-corrected chi connectivity index (χ4v) is 1.53. The van der Waals surface area contributed by atoms with Crippen LogP contribution >= 0.6 is 24.8 Å². The molecule has 4 nitrogen and oxygen atoms in total. The van der Waals surface area contributed by atoms with Gasteiger partial charge in [0.15, 0.2) is 0 Å². The molecule has 1 aromatic heterocycles. The number of aromatic nitrogens is 2. The lowest BCUT2D eigenvalue weighted by atomic mass is 10.1. The van der Waals surface area contributed by atoms with Crippen LogP contribution in [0.25, 0.3) is 0 Å². The van der Waals surface area contributed by atoms with Crippen LogP contribution in [-0.4, -0.2) is 29.1 Å². The Kier molecular flexibility index (Phi) is 7.38. The van der Waals surface area contributed by atoms with Crippen LogP contribution in [-0.2, 0) is 0 Å². The lowest BCUT2D eigenvalue weighted by Crippen LogP contribution is -2.38. The normalized spacial score (nSPS) is 19.6. The second kappa shape index (κ2) is 7.68. The Bertz CT molecular complexity index is 252. The molecule has 2 N–H and O–H groups in total. The monoisotopic (exact) mass is 250 g/mol. The first-order chi connectivity index (χ1) is 6.45. The van der Waals surface area contributed by atoms with Crippen molar-refractivity contribution < 1.29 is 0 Å². The molecule has 1 atom stereocenters. The van der Waals surface area contributed by atoms with Crippen molar-refractivity contribution in [1.29, 1.82) is 0 Å². The van der Waals surface area contributed by atoms with Crippen molar-refractivity contribution >= 4 is 30.8 Å². The van der Waals surface area contributed by atoms with Crippen LogP contribution in [0.3, 0.4) is 0 Å². The van der Waals surface area contributed by atoms with E-state index in [1.54, 1.807) is 12.4 Å². The van der Waals surface area contributed by atoms with E-state index in [1.807, 2.05) is 6.07 Å². The van der Waals surface area contributed by atoms with Gasteiger partial charge in [-0.05, 0) is 25.5 Å². The molecule has 0 bridgehead atoms. The minimum atomic E-state index is 0. The summed E-state index contributed by atoms with van der Waals surface area (Å²) in [5.74, 6) is 0.733. The fraction of sp³-hybridized carbons (Fsp3) is 0.556. The second-order valence-corrected chi connectivity index (χ2v) is 3.26. The first-order valence-electron chi connectivity index (χ1n) is 4.69. The van der Waals surface area contributed by atoms with Crippen molar-refractivity contribution in [3.63, 3.8) is 0 Å². The van der Waals surface area contributed by atoms with Gasteiger partial charge >= 0.3 is 0 Å². The van der Waals surface area contributed by atoms with Gasteiger partial charge in [0.25, 0.3) is 0 Å². The van der Waals surface area contributed by atoms with Crippen LogP contribution in [0.4, 0.5) is 5.95 Å². The summed E-state index contributed by atoms with van der Waals surface area (Å²) in [7, 11) is 0. The molecular weight excluding hydrogens is 235 g/mol. The van der Waals surface area contributed by atoms with Gasteiger partial charge in [-0.2, -0.15) is 0 Å². The van der Waals surface area contributed by atoms with Gasteiger partial charge in [0, 0.05) is 25.0 Å². The van der Waals surface area contributed by atoms with Crippen molar-refractivity contribution in [2.24, 2.45) is 0 Å². The van der Waals surface area contributed by atoms with E-state index in [2.05, 4.69) is 20.6 Å². The Morgan fingerprint density at radius 1 is 1.27 bits per heavy atom. The molecule has 15 heavy (non-hydrogen) atoms. The molecule has 0 amide bonds. The van der Waals surface area contributed by atoms with Gasteiger partial charge in [-0.15, -0.1) is 24.8 Å². The highest BCUT2D eigenvalue weighted by Gasteiger charge is 2.12. The van der Waals surface area contributed by atoms with Gasteiger partial charge in [-0.1, -0.05) is 0 Å². The topological polar surface area (TPSA) is 49.8 Å². The summed E-state index contributed by atoms with van der Waals surface area (Å²) in [5, 5.41) is 6.63. The van der Waals surface area contributed by atoms with E-state index in [4.69, 9.17) is 0 Å². The summed E-state index contributed by atoms with van der Waals surface area (Å²) < 4.78 is 0. The van der Waals surface area contributed by atoms with E-state index in [1.165, 1.54) is 12.8 Å². The maximum atomic E-state index is 4.12. The van der Waals surface area contributed by atoms with E-state index in [9.17, 15) is 0 Å². The molecule has 1 aromatic rings. The number of anilines is 1. The van der Waals surface area contributed by atoms with Crippen LogP contribution in [0.1, 0.15) is 12.8 Å². The molecule has 0 unspecified atom stereocenters. The summed E-state index contributed by atoms with van der Waals surface area (Å²) in [4.78, 5) is 8.25. The van der Waals surface area contributed by atoms with Crippen LogP contribution in [0, 0.1) is 0 Å². The average Bonchev–Trinajstić information content (AvgIpc) is 2.21. The maximum absolute atomic E-state index is 4.12. The Morgan fingerprint density at radius 2 is 2.00 bits per heavy atom. The van der Waals surface area contributed by atoms with Gasteiger partial charge in [0.1, 0.15) is 0 Å². The Labute approximate surface area is 102 Å². The lowest BCUT2D eigenvalue weighted by Gasteiger charge is -2.23. The lowest BCUT2D eigenvalue weighted by molar-refractivity contribution is 0.478. The molecule has 0 spiro atoms. The summed E-state index contributed by atoms with van der Waals surface area (Å²) in [5.41, 5.74) is 0. The highest BCUT2D eigenvalue weighted by atomic mass is 35.5. The summed E-state index contributed by atoms with van der Waals surface area (Å²) >= 11 is 0. The molecule has 0 aromatic carbocycles. The Balaban J connectivity index is 0.000000980. The number of hydrogen-bond acceptors (Lipinski definition) is 4. The quantitative estimate of drug-likeness (QED) is 0.836. The molecule has 0 aliphatic carbocycles. The smallest absolute Gasteiger partial charge is 0.222 e. The van der Waals surface area contributed by atoms with Crippen LogP contribution < -0.4 is 10.6 Å². The number of nitrogens with one attached hydrogen (secondary N) is 2. The van der Waals surface area contributed by atoms with Crippen molar-refractivity contribution in [2.45, 2.75) is 18.9 Å². The Morgan fingerprint density at radius 3 is 2.60 bits per heavy atom. The SMILES string of the molecule is Cl.Cl.c1cnc(N[C@H]2CCCNC2)nc1. The van der Waals surface area contributed by atoms with Gasteiger partial charge < -0.3 is 10.6 Å². The molecule has 2 heterocycles. The first kappa shape index (κ1) is 14.4. The number of nitrogens with zero attached hydrogens (tertiary/aromatic N) is 2. The summed E-state index contributed by atoms with van der Waals surface area (Å²) in [6.07, 6.45) is 5.94. The molecular formula is C9H16Cl2N4. The first-order valence-corrected chi connectivity index (χ1v) is 4.69. The molecule has 1 aliphatic heterocycles. The molecule has 86 valence electrons. The molecule has 0 radical (unpaired) electrons.